The Morgan fingerprint density at radius 3 is 3.00 bits per heavy atom. The number of methoxy groups -OCH3 is 1. The zero-order valence-electron chi connectivity index (χ0n) is 14.6. The fourth-order valence-electron chi connectivity index (χ4n) is 3.41. The smallest absolute Gasteiger partial charge is 0.124 e. The van der Waals surface area contributed by atoms with Gasteiger partial charge in [0.15, 0.2) is 0 Å². The minimum Gasteiger partial charge on any atom is -0.382 e. The maximum atomic E-state index is 14.0. The molecule has 25 heavy (non-hydrogen) atoms. The lowest BCUT2D eigenvalue weighted by Crippen LogP contribution is -2.23. The molecule has 2 heterocycles. The topological polar surface area (TPSA) is 58.4 Å². The highest BCUT2D eigenvalue weighted by Crippen LogP contribution is 2.34. The zero-order valence-corrected chi connectivity index (χ0v) is 14.6. The monoisotopic (exact) mass is 343 g/mol. The van der Waals surface area contributed by atoms with Crippen LogP contribution in [-0.2, 0) is 9.47 Å². The Hall–Kier alpha value is -2.23. The number of benzene rings is 1. The molecule has 2 aromatic rings. The highest BCUT2D eigenvalue weighted by Gasteiger charge is 2.26. The van der Waals surface area contributed by atoms with E-state index in [0.29, 0.717) is 36.7 Å². The molecule has 0 aliphatic carbocycles. The van der Waals surface area contributed by atoms with Crippen LogP contribution in [0.5, 0.6) is 0 Å². The Labute approximate surface area is 147 Å². The van der Waals surface area contributed by atoms with Crippen LogP contribution in [0.3, 0.4) is 0 Å². The first-order valence-electron chi connectivity index (χ1n) is 8.44. The number of pyridine rings is 1. The molecule has 132 valence electrons. The standard InChI is InChI=1S/C19H22FN3O2/c1-13-7-16(20)8-17-18(13)22-10-15(9-21)19(17)23-4-3-14(11-23)12-25-6-5-24-2/h7-8,10,14H,3-6,11-12H2,1-2H3. The molecule has 6 heteroatoms. The number of hydrogen-bond donors (Lipinski definition) is 0. The van der Waals surface area contributed by atoms with Gasteiger partial charge >= 0.3 is 0 Å². The molecule has 1 aliphatic rings. The second-order valence-electron chi connectivity index (χ2n) is 6.42. The van der Waals surface area contributed by atoms with Crippen molar-refractivity contribution in [2.24, 2.45) is 5.92 Å². The van der Waals surface area contributed by atoms with Gasteiger partial charge in [0.2, 0.25) is 0 Å². The van der Waals surface area contributed by atoms with Crippen LogP contribution in [0.2, 0.25) is 0 Å². The lowest BCUT2D eigenvalue weighted by molar-refractivity contribution is 0.0549. The van der Waals surface area contributed by atoms with E-state index in [-0.39, 0.29) is 5.82 Å². The number of rotatable bonds is 6. The van der Waals surface area contributed by atoms with E-state index < -0.39 is 0 Å². The van der Waals surface area contributed by atoms with Gasteiger partial charge in [-0.25, -0.2) is 4.39 Å². The maximum Gasteiger partial charge on any atom is 0.124 e. The van der Waals surface area contributed by atoms with Crippen LogP contribution in [0, 0.1) is 30.0 Å². The van der Waals surface area contributed by atoms with Crippen LogP contribution in [0.25, 0.3) is 10.9 Å². The summed E-state index contributed by atoms with van der Waals surface area (Å²) in [7, 11) is 1.65. The van der Waals surface area contributed by atoms with E-state index in [1.807, 2.05) is 6.92 Å². The molecular formula is C19H22FN3O2. The first-order valence-corrected chi connectivity index (χ1v) is 8.44. The summed E-state index contributed by atoms with van der Waals surface area (Å²) in [6, 6.07) is 5.16. The molecule has 1 fully saturated rings. The first-order chi connectivity index (χ1) is 12.1. The number of fused-ring (bicyclic) bond motifs is 1. The molecule has 0 radical (unpaired) electrons. The Bertz CT molecular complexity index is 803. The van der Waals surface area contributed by atoms with Crippen LogP contribution in [0.15, 0.2) is 18.3 Å². The fraction of sp³-hybridized carbons (Fsp3) is 0.474. The third kappa shape index (κ3) is 3.73. The number of anilines is 1. The molecule has 1 aromatic heterocycles. The van der Waals surface area contributed by atoms with E-state index in [0.717, 1.165) is 36.3 Å². The Balaban J connectivity index is 1.87. The van der Waals surface area contributed by atoms with Gasteiger partial charge in [-0.1, -0.05) is 0 Å². The van der Waals surface area contributed by atoms with Crippen molar-refractivity contribution in [2.45, 2.75) is 13.3 Å². The van der Waals surface area contributed by atoms with Crippen molar-refractivity contribution < 1.29 is 13.9 Å². The average molecular weight is 343 g/mol. The molecule has 3 rings (SSSR count). The van der Waals surface area contributed by atoms with E-state index in [2.05, 4.69) is 16.0 Å². The summed E-state index contributed by atoms with van der Waals surface area (Å²) >= 11 is 0. The summed E-state index contributed by atoms with van der Waals surface area (Å²) in [5.74, 6) is 0.0862. The summed E-state index contributed by atoms with van der Waals surface area (Å²) in [5, 5.41) is 10.2. The molecule has 1 aromatic carbocycles. The molecule has 1 aliphatic heterocycles. The van der Waals surface area contributed by atoms with Crippen molar-refractivity contribution in [3.8, 4) is 6.07 Å². The van der Waals surface area contributed by atoms with Crippen molar-refractivity contribution in [2.75, 3.05) is 44.9 Å². The molecule has 0 saturated carbocycles. The minimum atomic E-state index is -0.304. The highest BCUT2D eigenvalue weighted by atomic mass is 19.1. The van der Waals surface area contributed by atoms with Crippen LogP contribution in [0.4, 0.5) is 10.1 Å². The normalized spacial score (nSPS) is 17.2. The lowest BCUT2D eigenvalue weighted by atomic mass is 10.1. The number of aromatic nitrogens is 1. The Morgan fingerprint density at radius 1 is 1.40 bits per heavy atom. The molecule has 1 saturated heterocycles. The summed E-state index contributed by atoms with van der Waals surface area (Å²) < 4.78 is 24.6. The summed E-state index contributed by atoms with van der Waals surface area (Å²) in [4.78, 5) is 6.52. The maximum absolute atomic E-state index is 14.0. The molecule has 0 N–H and O–H groups in total. The largest absolute Gasteiger partial charge is 0.382 e. The van der Waals surface area contributed by atoms with Gasteiger partial charge in [-0.15, -0.1) is 0 Å². The van der Waals surface area contributed by atoms with Gasteiger partial charge < -0.3 is 14.4 Å². The number of aryl methyl sites for hydroxylation is 1. The van der Waals surface area contributed by atoms with Gasteiger partial charge in [-0.2, -0.15) is 5.26 Å². The second kappa shape index (κ2) is 7.77. The van der Waals surface area contributed by atoms with Crippen LogP contribution in [-0.4, -0.2) is 45.0 Å². The van der Waals surface area contributed by atoms with Crippen LogP contribution in [0.1, 0.15) is 17.5 Å². The third-order valence-corrected chi connectivity index (χ3v) is 4.61. The SMILES string of the molecule is COCCOCC1CCN(c2c(C#N)cnc3c(C)cc(F)cc23)C1. The van der Waals surface area contributed by atoms with E-state index in [1.54, 1.807) is 13.3 Å². The van der Waals surface area contributed by atoms with E-state index >= 15 is 0 Å². The fourth-order valence-corrected chi connectivity index (χ4v) is 3.41. The Morgan fingerprint density at radius 2 is 2.24 bits per heavy atom. The van der Waals surface area contributed by atoms with E-state index in [1.165, 1.54) is 12.1 Å². The van der Waals surface area contributed by atoms with Crippen molar-refractivity contribution in [1.82, 2.24) is 4.98 Å². The number of nitriles is 1. The summed E-state index contributed by atoms with van der Waals surface area (Å²) in [5.41, 5.74) is 2.79. The molecule has 0 amide bonds. The Kier molecular flexibility index (Phi) is 5.47. The van der Waals surface area contributed by atoms with Crippen molar-refractivity contribution >= 4 is 16.6 Å². The van der Waals surface area contributed by atoms with Crippen LogP contribution >= 0.6 is 0 Å². The van der Waals surface area contributed by atoms with E-state index in [9.17, 15) is 9.65 Å². The number of hydrogen-bond acceptors (Lipinski definition) is 5. The van der Waals surface area contributed by atoms with Crippen molar-refractivity contribution in [3.63, 3.8) is 0 Å². The number of ether oxygens (including phenoxy) is 2. The van der Waals surface area contributed by atoms with Crippen molar-refractivity contribution in [3.05, 3.63) is 35.3 Å². The quantitative estimate of drug-likeness (QED) is 0.755. The molecule has 1 atom stereocenters. The molecule has 0 spiro atoms. The average Bonchev–Trinajstić information content (AvgIpc) is 3.06. The molecular weight excluding hydrogens is 321 g/mol. The highest BCUT2D eigenvalue weighted by molar-refractivity contribution is 5.96. The molecule has 5 nitrogen and oxygen atoms in total. The number of halogens is 1. The van der Waals surface area contributed by atoms with E-state index in [4.69, 9.17) is 9.47 Å². The van der Waals surface area contributed by atoms with Crippen LogP contribution < -0.4 is 4.90 Å². The zero-order chi connectivity index (χ0) is 17.8. The summed E-state index contributed by atoms with van der Waals surface area (Å²) in [6.45, 7) is 5.28. The molecule has 1 unspecified atom stereocenters. The van der Waals surface area contributed by atoms with Gasteiger partial charge in [0, 0.05) is 37.7 Å². The van der Waals surface area contributed by atoms with Gasteiger partial charge in [0.1, 0.15) is 11.9 Å². The van der Waals surface area contributed by atoms with Gasteiger partial charge in [0.05, 0.1) is 36.6 Å². The third-order valence-electron chi connectivity index (χ3n) is 4.61. The predicted octanol–water partition coefficient (Wildman–Crippen LogP) is 3.04. The number of nitrogens with zero attached hydrogens (tertiary/aromatic N) is 3. The molecule has 0 bridgehead atoms. The second-order valence-corrected chi connectivity index (χ2v) is 6.42. The first kappa shape index (κ1) is 17.6. The van der Waals surface area contributed by atoms with Gasteiger partial charge in [-0.05, 0) is 31.0 Å². The predicted molar refractivity (Wildman–Crippen MR) is 94.2 cm³/mol. The van der Waals surface area contributed by atoms with Crippen molar-refractivity contribution in [1.29, 1.82) is 5.26 Å². The minimum absolute atomic E-state index is 0.304. The van der Waals surface area contributed by atoms with Gasteiger partial charge in [0.25, 0.3) is 0 Å². The summed E-state index contributed by atoms with van der Waals surface area (Å²) in [6.07, 6.45) is 2.57. The lowest BCUT2D eigenvalue weighted by Gasteiger charge is -2.22. The van der Waals surface area contributed by atoms with Gasteiger partial charge in [-0.3, -0.25) is 4.98 Å².